The fourth-order valence-electron chi connectivity index (χ4n) is 1.96. The van der Waals surface area contributed by atoms with Crippen molar-refractivity contribution in [2.24, 2.45) is 5.92 Å². The highest BCUT2D eigenvalue weighted by molar-refractivity contribution is 5.63. The van der Waals surface area contributed by atoms with Gasteiger partial charge in [0.2, 0.25) is 0 Å². The molecule has 0 radical (unpaired) electrons. The highest BCUT2D eigenvalue weighted by Crippen LogP contribution is 2.21. The number of aryl methyl sites for hydroxylation is 1. The van der Waals surface area contributed by atoms with Gasteiger partial charge in [-0.05, 0) is 47.6 Å². The molecule has 0 spiro atoms. The van der Waals surface area contributed by atoms with Gasteiger partial charge < -0.3 is 0 Å². The van der Waals surface area contributed by atoms with Crippen LogP contribution >= 0.6 is 0 Å². The predicted molar refractivity (Wildman–Crippen MR) is 75.0 cm³/mol. The van der Waals surface area contributed by atoms with Gasteiger partial charge in [-0.2, -0.15) is 0 Å². The molecule has 0 fully saturated rings. The molecule has 0 N–H and O–H groups in total. The van der Waals surface area contributed by atoms with Gasteiger partial charge in [-0.25, -0.2) is 4.39 Å². The quantitative estimate of drug-likeness (QED) is 0.701. The second-order valence-electron chi connectivity index (χ2n) is 5.14. The molecule has 0 amide bonds. The third-order valence-electron chi connectivity index (χ3n) is 3.14. The number of hydrogen-bond acceptors (Lipinski definition) is 0. The van der Waals surface area contributed by atoms with E-state index in [-0.39, 0.29) is 5.82 Å². The summed E-state index contributed by atoms with van der Waals surface area (Å²) in [6.07, 6.45) is 2.34. The highest BCUT2D eigenvalue weighted by Gasteiger charge is 2.00. The molecular formula is C17H19F. The summed E-state index contributed by atoms with van der Waals surface area (Å²) in [7, 11) is 0. The summed E-state index contributed by atoms with van der Waals surface area (Å²) in [5, 5.41) is 0. The summed E-state index contributed by atoms with van der Waals surface area (Å²) in [6, 6.07) is 15.2. The lowest BCUT2D eigenvalue weighted by molar-refractivity contribution is 0.587. The molecule has 2 rings (SSSR count). The summed E-state index contributed by atoms with van der Waals surface area (Å²) in [4.78, 5) is 0. The molecule has 2 aromatic carbocycles. The van der Waals surface area contributed by atoms with Crippen molar-refractivity contribution in [3.8, 4) is 11.1 Å². The topological polar surface area (TPSA) is 0 Å². The van der Waals surface area contributed by atoms with Gasteiger partial charge in [0.05, 0.1) is 0 Å². The van der Waals surface area contributed by atoms with Gasteiger partial charge in [0, 0.05) is 0 Å². The SMILES string of the molecule is CC(C)CCc1ccc(-c2ccc(F)cc2)cc1. The van der Waals surface area contributed by atoms with E-state index in [9.17, 15) is 4.39 Å². The zero-order chi connectivity index (χ0) is 13.0. The standard InChI is InChI=1S/C17H19F/c1-13(2)3-4-14-5-7-15(8-6-14)16-9-11-17(18)12-10-16/h5-13H,3-4H2,1-2H3. The van der Waals surface area contributed by atoms with Gasteiger partial charge in [0.25, 0.3) is 0 Å². The first-order valence-corrected chi connectivity index (χ1v) is 6.50. The van der Waals surface area contributed by atoms with Crippen molar-refractivity contribution in [1.82, 2.24) is 0 Å². The maximum Gasteiger partial charge on any atom is 0.123 e. The van der Waals surface area contributed by atoms with Crippen LogP contribution in [0, 0.1) is 11.7 Å². The molecule has 2 aromatic rings. The van der Waals surface area contributed by atoms with Crippen LogP contribution in [0.1, 0.15) is 25.8 Å². The van der Waals surface area contributed by atoms with Gasteiger partial charge in [-0.1, -0.05) is 50.2 Å². The van der Waals surface area contributed by atoms with E-state index in [4.69, 9.17) is 0 Å². The third kappa shape index (κ3) is 3.43. The Hall–Kier alpha value is -1.63. The van der Waals surface area contributed by atoms with Crippen LogP contribution in [0.4, 0.5) is 4.39 Å². The fourth-order valence-corrected chi connectivity index (χ4v) is 1.96. The van der Waals surface area contributed by atoms with Crippen molar-refractivity contribution in [2.75, 3.05) is 0 Å². The van der Waals surface area contributed by atoms with E-state index >= 15 is 0 Å². The Morgan fingerprint density at radius 2 is 1.33 bits per heavy atom. The van der Waals surface area contributed by atoms with Crippen LogP contribution in [0.15, 0.2) is 48.5 Å². The molecule has 0 nitrogen and oxygen atoms in total. The zero-order valence-corrected chi connectivity index (χ0v) is 11.0. The Morgan fingerprint density at radius 1 is 0.833 bits per heavy atom. The maximum atomic E-state index is 12.8. The summed E-state index contributed by atoms with van der Waals surface area (Å²) < 4.78 is 12.8. The summed E-state index contributed by atoms with van der Waals surface area (Å²) in [6.45, 7) is 4.49. The van der Waals surface area contributed by atoms with Gasteiger partial charge in [-0.15, -0.1) is 0 Å². The molecule has 0 atom stereocenters. The van der Waals surface area contributed by atoms with Crippen LogP contribution in [0.25, 0.3) is 11.1 Å². The largest absolute Gasteiger partial charge is 0.207 e. The predicted octanol–water partition coefficient (Wildman–Crippen LogP) is 5.08. The van der Waals surface area contributed by atoms with Crippen LogP contribution in [-0.2, 0) is 6.42 Å². The van der Waals surface area contributed by atoms with Gasteiger partial charge in [-0.3, -0.25) is 0 Å². The lowest BCUT2D eigenvalue weighted by Gasteiger charge is -2.06. The average Bonchev–Trinajstić information content (AvgIpc) is 2.38. The Balaban J connectivity index is 2.09. The van der Waals surface area contributed by atoms with E-state index in [1.165, 1.54) is 24.1 Å². The summed E-state index contributed by atoms with van der Waals surface area (Å²) in [5.74, 6) is 0.550. The smallest absolute Gasteiger partial charge is 0.123 e. The molecular weight excluding hydrogens is 223 g/mol. The van der Waals surface area contributed by atoms with E-state index in [0.717, 1.165) is 23.5 Å². The molecule has 94 valence electrons. The highest BCUT2D eigenvalue weighted by atomic mass is 19.1. The van der Waals surface area contributed by atoms with Crippen molar-refractivity contribution in [1.29, 1.82) is 0 Å². The second kappa shape index (κ2) is 5.81. The summed E-state index contributed by atoms with van der Waals surface area (Å²) in [5.41, 5.74) is 3.57. The van der Waals surface area contributed by atoms with E-state index in [0.29, 0.717) is 0 Å². The molecule has 0 saturated heterocycles. The normalized spacial score (nSPS) is 10.9. The molecule has 0 aliphatic heterocycles. The van der Waals surface area contributed by atoms with E-state index in [1.807, 2.05) is 12.1 Å². The van der Waals surface area contributed by atoms with Crippen molar-refractivity contribution >= 4 is 0 Å². The van der Waals surface area contributed by atoms with Gasteiger partial charge >= 0.3 is 0 Å². The number of rotatable bonds is 4. The number of hydrogen-bond donors (Lipinski definition) is 0. The third-order valence-corrected chi connectivity index (χ3v) is 3.14. The Morgan fingerprint density at radius 3 is 1.83 bits per heavy atom. The van der Waals surface area contributed by atoms with Crippen LogP contribution in [0.2, 0.25) is 0 Å². The van der Waals surface area contributed by atoms with Gasteiger partial charge in [0.1, 0.15) is 5.82 Å². The first kappa shape index (κ1) is 12.8. The van der Waals surface area contributed by atoms with Crippen molar-refractivity contribution in [3.63, 3.8) is 0 Å². The first-order chi connectivity index (χ1) is 8.65. The fraction of sp³-hybridized carbons (Fsp3) is 0.294. The first-order valence-electron chi connectivity index (χ1n) is 6.50. The van der Waals surface area contributed by atoms with Crippen LogP contribution in [0.5, 0.6) is 0 Å². The number of halogens is 1. The minimum atomic E-state index is -0.188. The zero-order valence-electron chi connectivity index (χ0n) is 11.0. The molecule has 18 heavy (non-hydrogen) atoms. The minimum absolute atomic E-state index is 0.188. The maximum absolute atomic E-state index is 12.8. The molecule has 0 aliphatic carbocycles. The molecule has 0 aromatic heterocycles. The van der Waals surface area contributed by atoms with Crippen molar-refractivity contribution in [3.05, 3.63) is 59.9 Å². The molecule has 0 unspecified atom stereocenters. The molecule has 0 saturated carbocycles. The van der Waals surface area contributed by atoms with Crippen molar-refractivity contribution < 1.29 is 4.39 Å². The molecule has 1 heteroatoms. The monoisotopic (exact) mass is 242 g/mol. The van der Waals surface area contributed by atoms with Crippen LogP contribution in [-0.4, -0.2) is 0 Å². The molecule has 0 aliphatic rings. The minimum Gasteiger partial charge on any atom is -0.207 e. The number of benzene rings is 2. The van der Waals surface area contributed by atoms with E-state index < -0.39 is 0 Å². The summed E-state index contributed by atoms with van der Waals surface area (Å²) >= 11 is 0. The van der Waals surface area contributed by atoms with Crippen LogP contribution in [0.3, 0.4) is 0 Å². The van der Waals surface area contributed by atoms with E-state index in [1.54, 1.807) is 0 Å². The molecule has 0 heterocycles. The lowest BCUT2D eigenvalue weighted by atomic mass is 9.99. The molecule has 0 bridgehead atoms. The van der Waals surface area contributed by atoms with Crippen LogP contribution < -0.4 is 0 Å². The van der Waals surface area contributed by atoms with Crippen molar-refractivity contribution in [2.45, 2.75) is 26.7 Å². The Bertz CT molecular complexity index is 480. The lowest BCUT2D eigenvalue weighted by Crippen LogP contribution is -1.91. The second-order valence-corrected chi connectivity index (χ2v) is 5.14. The Kier molecular flexibility index (Phi) is 4.14. The van der Waals surface area contributed by atoms with Gasteiger partial charge in [0.15, 0.2) is 0 Å². The Labute approximate surface area is 108 Å². The van der Waals surface area contributed by atoms with E-state index in [2.05, 4.69) is 38.1 Å². The average molecular weight is 242 g/mol.